The van der Waals surface area contributed by atoms with E-state index in [9.17, 15) is 5.11 Å². The molecule has 3 heteroatoms. The van der Waals surface area contributed by atoms with Crippen molar-refractivity contribution in [1.29, 1.82) is 0 Å². The van der Waals surface area contributed by atoms with Crippen LogP contribution in [0.4, 0.5) is 0 Å². The van der Waals surface area contributed by atoms with Crippen LogP contribution in [0.15, 0.2) is 6.07 Å². The summed E-state index contributed by atoms with van der Waals surface area (Å²) in [7, 11) is 0. The van der Waals surface area contributed by atoms with Gasteiger partial charge in [-0.15, -0.1) is 11.3 Å². The average molecular weight is 252 g/mol. The summed E-state index contributed by atoms with van der Waals surface area (Å²) in [6, 6.07) is 2.26. The minimum atomic E-state index is -0.255. The SMILES string of the molecule is OC(c1cc2c(s1)CCCC2)C1CCOCC1. The van der Waals surface area contributed by atoms with Gasteiger partial charge >= 0.3 is 0 Å². The molecule has 1 N–H and O–H groups in total. The van der Waals surface area contributed by atoms with Crippen LogP contribution in [-0.4, -0.2) is 18.3 Å². The summed E-state index contributed by atoms with van der Waals surface area (Å²) in [5.74, 6) is 0.406. The fraction of sp³-hybridized carbons (Fsp3) is 0.714. The van der Waals surface area contributed by atoms with Gasteiger partial charge in [0.1, 0.15) is 0 Å². The lowest BCUT2D eigenvalue weighted by atomic mass is 9.92. The third kappa shape index (κ3) is 2.42. The quantitative estimate of drug-likeness (QED) is 0.876. The highest BCUT2D eigenvalue weighted by Gasteiger charge is 2.26. The zero-order valence-corrected chi connectivity index (χ0v) is 11.0. The molecule has 0 saturated carbocycles. The highest BCUT2D eigenvalue weighted by Crippen LogP contribution is 2.37. The standard InChI is InChI=1S/C14H20O2S/c15-14(10-5-7-16-8-6-10)13-9-11-3-1-2-4-12(11)17-13/h9-10,14-15H,1-8H2. The van der Waals surface area contributed by atoms with Gasteiger partial charge in [0.15, 0.2) is 0 Å². The summed E-state index contributed by atoms with van der Waals surface area (Å²) in [5, 5.41) is 10.4. The van der Waals surface area contributed by atoms with Crippen LogP contribution in [0, 0.1) is 5.92 Å². The van der Waals surface area contributed by atoms with Crippen LogP contribution >= 0.6 is 11.3 Å². The van der Waals surface area contributed by atoms with Gasteiger partial charge in [-0.05, 0) is 56.1 Å². The number of rotatable bonds is 2. The summed E-state index contributed by atoms with van der Waals surface area (Å²) < 4.78 is 5.36. The van der Waals surface area contributed by atoms with Gasteiger partial charge in [-0.3, -0.25) is 0 Å². The van der Waals surface area contributed by atoms with Crippen molar-refractivity contribution in [2.75, 3.05) is 13.2 Å². The maximum atomic E-state index is 10.4. The van der Waals surface area contributed by atoms with Crippen LogP contribution in [0.25, 0.3) is 0 Å². The Morgan fingerprint density at radius 1 is 1.24 bits per heavy atom. The first kappa shape index (κ1) is 11.7. The van der Waals surface area contributed by atoms with E-state index in [1.165, 1.54) is 41.0 Å². The highest BCUT2D eigenvalue weighted by molar-refractivity contribution is 7.12. The van der Waals surface area contributed by atoms with Gasteiger partial charge in [0.2, 0.25) is 0 Å². The second kappa shape index (κ2) is 5.09. The molecule has 1 aromatic rings. The Bertz CT molecular complexity index is 356. The fourth-order valence-electron chi connectivity index (χ4n) is 2.92. The smallest absolute Gasteiger partial charge is 0.0911 e. The van der Waals surface area contributed by atoms with E-state index in [4.69, 9.17) is 4.74 Å². The van der Waals surface area contributed by atoms with Crippen molar-refractivity contribution in [2.45, 2.75) is 44.6 Å². The van der Waals surface area contributed by atoms with Gasteiger partial charge in [0.25, 0.3) is 0 Å². The molecule has 1 saturated heterocycles. The largest absolute Gasteiger partial charge is 0.387 e. The molecule has 0 radical (unpaired) electrons. The third-order valence-corrected chi connectivity index (χ3v) is 5.33. The number of thiophene rings is 1. The van der Waals surface area contributed by atoms with Gasteiger partial charge in [0, 0.05) is 23.0 Å². The molecule has 1 aliphatic carbocycles. The monoisotopic (exact) mass is 252 g/mol. The van der Waals surface area contributed by atoms with Gasteiger partial charge in [-0.2, -0.15) is 0 Å². The second-order valence-electron chi connectivity index (χ2n) is 5.20. The van der Waals surface area contributed by atoms with Gasteiger partial charge in [-0.1, -0.05) is 0 Å². The van der Waals surface area contributed by atoms with E-state index in [0.29, 0.717) is 5.92 Å². The Labute approximate surface area is 107 Å². The van der Waals surface area contributed by atoms with Gasteiger partial charge in [-0.25, -0.2) is 0 Å². The predicted octanol–water partition coefficient (Wildman–Crippen LogP) is 3.09. The first-order chi connectivity index (χ1) is 8.34. The zero-order valence-electron chi connectivity index (χ0n) is 10.2. The molecule has 1 fully saturated rings. The van der Waals surface area contributed by atoms with Crippen LogP contribution in [0.3, 0.4) is 0 Å². The van der Waals surface area contributed by atoms with E-state index < -0.39 is 0 Å². The number of ether oxygens (including phenoxy) is 1. The van der Waals surface area contributed by atoms with Crippen molar-refractivity contribution in [3.05, 3.63) is 21.4 Å². The maximum absolute atomic E-state index is 10.4. The van der Waals surface area contributed by atoms with Crippen LogP contribution in [0.5, 0.6) is 0 Å². The molecular formula is C14H20O2S. The fourth-order valence-corrected chi connectivity index (χ4v) is 4.26. The Balaban J connectivity index is 1.76. The lowest BCUT2D eigenvalue weighted by Crippen LogP contribution is -2.21. The molecule has 2 aliphatic rings. The van der Waals surface area contributed by atoms with Crippen molar-refractivity contribution in [3.63, 3.8) is 0 Å². The van der Waals surface area contributed by atoms with Crippen LogP contribution in [0.2, 0.25) is 0 Å². The van der Waals surface area contributed by atoms with Crippen molar-refractivity contribution in [2.24, 2.45) is 5.92 Å². The van der Waals surface area contributed by atoms with Crippen LogP contribution < -0.4 is 0 Å². The number of aryl methyl sites for hydroxylation is 2. The van der Waals surface area contributed by atoms with E-state index in [-0.39, 0.29) is 6.10 Å². The van der Waals surface area contributed by atoms with E-state index >= 15 is 0 Å². The molecule has 1 aliphatic heterocycles. The summed E-state index contributed by atoms with van der Waals surface area (Å²) in [6.07, 6.45) is 6.83. The molecule has 1 unspecified atom stereocenters. The molecule has 0 aromatic carbocycles. The molecule has 2 heterocycles. The number of fused-ring (bicyclic) bond motifs is 1. The van der Waals surface area contributed by atoms with Crippen molar-refractivity contribution < 1.29 is 9.84 Å². The minimum absolute atomic E-state index is 0.255. The molecule has 0 bridgehead atoms. The lowest BCUT2D eigenvalue weighted by Gasteiger charge is -2.25. The first-order valence-corrected chi connectivity index (χ1v) is 7.53. The van der Waals surface area contributed by atoms with Crippen molar-refractivity contribution >= 4 is 11.3 Å². The maximum Gasteiger partial charge on any atom is 0.0911 e. The second-order valence-corrected chi connectivity index (χ2v) is 6.37. The van der Waals surface area contributed by atoms with E-state index in [2.05, 4.69) is 6.07 Å². The Hall–Kier alpha value is -0.380. The molecule has 94 valence electrons. The van der Waals surface area contributed by atoms with Crippen molar-refractivity contribution in [1.82, 2.24) is 0 Å². The summed E-state index contributed by atoms with van der Waals surface area (Å²) in [4.78, 5) is 2.72. The minimum Gasteiger partial charge on any atom is -0.387 e. The lowest BCUT2D eigenvalue weighted by molar-refractivity contribution is 0.00852. The molecule has 1 aromatic heterocycles. The summed E-state index contributed by atoms with van der Waals surface area (Å²) >= 11 is 1.85. The van der Waals surface area contributed by atoms with Crippen LogP contribution in [-0.2, 0) is 17.6 Å². The summed E-state index contributed by atoms with van der Waals surface area (Å²) in [6.45, 7) is 1.62. The molecule has 17 heavy (non-hydrogen) atoms. The molecule has 3 rings (SSSR count). The first-order valence-electron chi connectivity index (χ1n) is 6.72. The predicted molar refractivity (Wildman–Crippen MR) is 69.5 cm³/mol. The molecule has 1 atom stereocenters. The molecule has 0 spiro atoms. The topological polar surface area (TPSA) is 29.5 Å². The van der Waals surface area contributed by atoms with Gasteiger partial charge < -0.3 is 9.84 Å². The molecule has 0 amide bonds. The Morgan fingerprint density at radius 2 is 2.00 bits per heavy atom. The summed E-state index contributed by atoms with van der Waals surface area (Å²) in [5.41, 5.74) is 1.50. The van der Waals surface area contributed by atoms with E-state index in [1.807, 2.05) is 11.3 Å². The Kier molecular flexibility index (Phi) is 3.50. The van der Waals surface area contributed by atoms with E-state index in [1.54, 1.807) is 0 Å². The van der Waals surface area contributed by atoms with Gasteiger partial charge in [0.05, 0.1) is 6.10 Å². The molecule has 2 nitrogen and oxygen atoms in total. The van der Waals surface area contributed by atoms with Crippen molar-refractivity contribution in [3.8, 4) is 0 Å². The number of aliphatic hydroxyl groups is 1. The zero-order chi connectivity index (χ0) is 11.7. The van der Waals surface area contributed by atoms with E-state index in [0.717, 1.165) is 26.1 Å². The number of aliphatic hydroxyl groups excluding tert-OH is 1. The average Bonchev–Trinajstić information content (AvgIpc) is 2.82. The number of hydrogen-bond acceptors (Lipinski definition) is 3. The Morgan fingerprint density at radius 3 is 2.76 bits per heavy atom. The highest BCUT2D eigenvalue weighted by atomic mass is 32.1. The normalized spacial score (nSPS) is 23.4. The number of hydrogen-bond donors (Lipinski definition) is 1. The molecular weight excluding hydrogens is 232 g/mol. The van der Waals surface area contributed by atoms with Crippen LogP contribution in [0.1, 0.15) is 47.1 Å². The third-order valence-electron chi connectivity index (χ3n) is 4.02.